The lowest BCUT2D eigenvalue weighted by Crippen LogP contribution is -2.68. The molecule has 0 spiro atoms. The number of halogens is 1. The monoisotopic (exact) mass is 631 g/mol. The molecule has 3 fully saturated rings. The number of pyridine rings is 3. The molecule has 48 heavy (non-hydrogen) atoms. The Balaban J connectivity index is 1.01. The van der Waals surface area contributed by atoms with Crippen LogP contribution in [-0.2, 0) is 6.54 Å². The predicted octanol–water partition coefficient (Wildman–Crippen LogP) is 7.48. The second kappa shape index (κ2) is 10.9. The highest BCUT2D eigenvalue weighted by molar-refractivity contribution is 6.00. The fourth-order valence-corrected chi connectivity index (χ4v) is 7.57. The van der Waals surface area contributed by atoms with Gasteiger partial charge in [-0.3, -0.25) is 4.90 Å². The summed E-state index contributed by atoms with van der Waals surface area (Å²) in [4.78, 5) is 22.5. The maximum atomic E-state index is 13.8. The molecule has 2 atom stereocenters. The summed E-state index contributed by atoms with van der Waals surface area (Å²) in [7, 11) is 0. The molecule has 4 aromatic heterocycles. The van der Waals surface area contributed by atoms with Gasteiger partial charge in [0.1, 0.15) is 29.1 Å². The third kappa shape index (κ3) is 4.64. The topological polar surface area (TPSA) is 105 Å². The van der Waals surface area contributed by atoms with Crippen LogP contribution < -0.4 is 4.90 Å². The number of aryl methyl sites for hydroxylation is 1. The number of phenolic OH excluding ortho intramolecular Hbond substituents is 1. The SMILES string of the molecule is Cc1cc(-c2cc3c(-c4ccc(N5CC6CC(C5)N6Cc5cc(F)ccc5O)nc4)c(C#N)cnc3[nH]2)cc2nc3ccccc3cc12. The van der Waals surface area contributed by atoms with E-state index in [0.29, 0.717) is 35.4 Å². The van der Waals surface area contributed by atoms with E-state index in [1.807, 2.05) is 36.5 Å². The van der Waals surface area contributed by atoms with Crippen LogP contribution in [0, 0.1) is 24.1 Å². The lowest BCUT2D eigenvalue weighted by molar-refractivity contribution is -0.00921. The van der Waals surface area contributed by atoms with Gasteiger partial charge in [-0.05, 0) is 79.6 Å². The van der Waals surface area contributed by atoms with E-state index >= 15 is 0 Å². The molecule has 0 radical (unpaired) electrons. The largest absolute Gasteiger partial charge is 0.508 e. The van der Waals surface area contributed by atoms with Gasteiger partial charge < -0.3 is 15.0 Å². The number of aromatic nitrogens is 4. The number of fused-ring (bicyclic) bond motifs is 5. The summed E-state index contributed by atoms with van der Waals surface area (Å²) < 4.78 is 13.8. The summed E-state index contributed by atoms with van der Waals surface area (Å²) in [5.74, 6) is 0.674. The van der Waals surface area contributed by atoms with Crippen molar-refractivity contribution in [1.82, 2.24) is 24.8 Å². The third-order valence-corrected chi connectivity index (χ3v) is 10.0. The molecule has 234 valence electrons. The Hall–Kier alpha value is -5.85. The molecule has 7 aromatic rings. The lowest BCUT2D eigenvalue weighted by atomic mass is 9.86. The number of anilines is 1. The summed E-state index contributed by atoms with van der Waals surface area (Å²) in [5.41, 5.74) is 8.38. The number of hydrogen-bond donors (Lipinski definition) is 2. The van der Waals surface area contributed by atoms with Gasteiger partial charge in [0, 0.05) is 88.2 Å². The molecule has 3 aliphatic heterocycles. The minimum absolute atomic E-state index is 0.130. The van der Waals surface area contributed by atoms with Crippen LogP contribution >= 0.6 is 0 Å². The van der Waals surface area contributed by atoms with Crippen LogP contribution in [0.15, 0.2) is 91.3 Å². The number of para-hydroxylation sites is 1. The number of nitrogens with zero attached hydrogens (tertiary/aromatic N) is 6. The highest BCUT2D eigenvalue weighted by atomic mass is 19.1. The quantitative estimate of drug-likeness (QED) is 0.190. The molecule has 2 bridgehead atoms. The van der Waals surface area contributed by atoms with Crippen molar-refractivity contribution in [1.29, 1.82) is 5.26 Å². The fraction of sp³-hybridized carbons (Fsp3) is 0.179. The van der Waals surface area contributed by atoms with E-state index in [1.165, 1.54) is 18.2 Å². The molecule has 3 aromatic carbocycles. The zero-order chi connectivity index (χ0) is 32.5. The van der Waals surface area contributed by atoms with Crippen molar-refractivity contribution in [2.24, 2.45) is 0 Å². The number of piperazine rings is 1. The van der Waals surface area contributed by atoms with Gasteiger partial charge in [0.25, 0.3) is 0 Å². The maximum Gasteiger partial charge on any atom is 0.138 e. The van der Waals surface area contributed by atoms with Crippen LogP contribution in [0.25, 0.3) is 55.2 Å². The van der Waals surface area contributed by atoms with Crippen LogP contribution in [-0.4, -0.2) is 55.1 Å². The van der Waals surface area contributed by atoms with Crippen molar-refractivity contribution >= 4 is 38.7 Å². The van der Waals surface area contributed by atoms with Gasteiger partial charge in [0.15, 0.2) is 0 Å². The molecule has 3 saturated heterocycles. The lowest BCUT2D eigenvalue weighted by Gasteiger charge is -2.56. The van der Waals surface area contributed by atoms with E-state index in [0.717, 1.165) is 80.5 Å². The number of piperidine rings is 1. The molecular weight excluding hydrogens is 601 g/mol. The van der Waals surface area contributed by atoms with Gasteiger partial charge in [-0.2, -0.15) is 5.26 Å². The molecule has 0 saturated carbocycles. The minimum Gasteiger partial charge on any atom is -0.508 e. The number of nitrogens with one attached hydrogen (secondary N) is 1. The highest BCUT2D eigenvalue weighted by Gasteiger charge is 2.45. The second-order valence-electron chi connectivity index (χ2n) is 12.9. The van der Waals surface area contributed by atoms with E-state index in [9.17, 15) is 14.8 Å². The van der Waals surface area contributed by atoms with Gasteiger partial charge in [0.2, 0.25) is 0 Å². The van der Waals surface area contributed by atoms with Gasteiger partial charge in [0.05, 0.1) is 16.6 Å². The minimum atomic E-state index is -0.337. The van der Waals surface area contributed by atoms with Crippen molar-refractivity contribution in [3.8, 4) is 34.2 Å². The molecule has 10 rings (SSSR count). The Morgan fingerprint density at radius 1 is 0.917 bits per heavy atom. The van der Waals surface area contributed by atoms with Crippen molar-refractivity contribution in [2.75, 3.05) is 18.0 Å². The van der Waals surface area contributed by atoms with Gasteiger partial charge in [-0.25, -0.2) is 19.3 Å². The first-order valence-corrected chi connectivity index (χ1v) is 16.1. The number of benzene rings is 3. The smallest absolute Gasteiger partial charge is 0.138 e. The number of phenols is 1. The predicted molar refractivity (Wildman–Crippen MR) is 185 cm³/mol. The second-order valence-corrected chi connectivity index (χ2v) is 12.9. The average Bonchev–Trinajstić information content (AvgIpc) is 3.55. The highest BCUT2D eigenvalue weighted by Crippen LogP contribution is 2.39. The first-order chi connectivity index (χ1) is 23.4. The summed E-state index contributed by atoms with van der Waals surface area (Å²) in [5, 5.41) is 23.4. The normalized spacial score (nSPS) is 17.6. The number of H-pyrrole nitrogens is 1. The fourth-order valence-electron chi connectivity index (χ4n) is 7.57. The Labute approximate surface area is 275 Å². The van der Waals surface area contributed by atoms with Gasteiger partial charge >= 0.3 is 0 Å². The van der Waals surface area contributed by atoms with Crippen molar-refractivity contribution < 1.29 is 9.50 Å². The molecule has 8 nitrogen and oxygen atoms in total. The molecule has 2 N–H and O–H groups in total. The maximum absolute atomic E-state index is 13.8. The summed E-state index contributed by atoms with van der Waals surface area (Å²) in [6, 6.07) is 27.8. The number of hydrogen-bond acceptors (Lipinski definition) is 7. The Kier molecular flexibility index (Phi) is 6.42. The van der Waals surface area contributed by atoms with E-state index < -0.39 is 0 Å². The van der Waals surface area contributed by atoms with Crippen LogP contribution in [0.2, 0.25) is 0 Å². The zero-order valence-electron chi connectivity index (χ0n) is 26.2. The Morgan fingerprint density at radius 3 is 2.58 bits per heavy atom. The first-order valence-electron chi connectivity index (χ1n) is 16.1. The average molecular weight is 632 g/mol. The molecule has 2 unspecified atom stereocenters. The van der Waals surface area contributed by atoms with E-state index in [4.69, 9.17) is 9.97 Å². The molecule has 7 heterocycles. The van der Waals surface area contributed by atoms with Crippen molar-refractivity contribution in [2.45, 2.75) is 32.0 Å². The van der Waals surface area contributed by atoms with Crippen LogP contribution in [0.3, 0.4) is 0 Å². The first kappa shape index (κ1) is 28.4. The molecule has 0 aliphatic carbocycles. The molecular formula is C39H30FN7O. The number of rotatable bonds is 5. The van der Waals surface area contributed by atoms with Crippen LogP contribution in [0.5, 0.6) is 5.75 Å². The molecule has 0 amide bonds. The summed E-state index contributed by atoms with van der Waals surface area (Å²) >= 11 is 0. The van der Waals surface area contributed by atoms with Crippen LogP contribution in [0.4, 0.5) is 10.2 Å². The van der Waals surface area contributed by atoms with Crippen LogP contribution in [0.1, 0.15) is 23.1 Å². The molecule has 3 aliphatic rings. The zero-order valence-corrected chi connectivity index (χ0v) is 26.2. The van der Waals surface area contributed by atoms with E-state index in [2.05, 4.69) is 63.1 Å². The van der Waals surface area contributed by atoms with Gasteiger partial charge in [-0.15, -0.1) is 0 Å². The third-order valence-electron chi connectivity index (χ3n) is 10.0. The van der Waals surface area contributed by atoms with E-state index in [1.54, 1.807) is 6.20 Å². The molecule has 9 heteroatoms. The van der Waals surface area contributed by atoms with Crippen molar-refractivity contribution in [3.05, 3.63) is 114 Å². The number of nitriles is 1. The Bertz CT molecular complexity index is 2440. The van der Waals surface area contributed by atoms with E-state index in [-0.39, 0.29) is 11.6 Å². The number of aromatic hydroxyl groups is 1. The standard InChI is InChI=1S/C39H30FN7O/c1-22-10-25(13-35-31(22)12-23-4-2-3-5-33(23)44-35)34-15-32-38(27(16-41)18-43-39(32)45-34)24-6-9-37(42-17-24)46-20-29-14-30(21-46)47(29)19-26-11-28(40)7-8-36(26)48/h2-13,15,17-18,29-30,48H,14,19-21H2,1H3,(H,43,45). The summed E-state index contributed by atoms with van der Waals surface area (Å²) in [6.07, 6.45) is 4.54. The number of aromatic amines is 1. The van der Waals surface area contributed by atoms with Gasteiger partial charge in [-0.1, -0.05) is 18.2 Å². The summed E-state index contributed by atoms with van der Waals surface area (Å²) in [6.45, 7) is 4.24. The Morgan fingerprint density at radius 2 is 1.77 bits per heavy atom. The van der Waals surface area contributed by atoms with Crippen molar-refractivity contribution in [3.63, 3.8) is 0 Å².